The van der Waals surface area contributed by atoms with E-state index in [0.29, 0.717) is 25.1 Å². The van der Waals surface area contributed by atoms with Gasteiger partial charge in [0.05, 0.1) is 0 Å². The molecule has 0 saturated carbocycles. The van der Waals surface area contributed by atoms with E-state index < -0.39 is 35.5 Å². The minimum atomic E-state index is -1.61. The first kappa shape index (κ1) is 22.8. The highest BCUT2D eigenvalue weighted by Crippen LogP contribution is 2.31. The average molecular weight is 407 g/mol. The molecule has 8 nitrogen and oxygen atoms in total. The Balaban J connectivity index is 2.48. The molecule has 0 aromatic heterocycles. The first-order chi connectivity index (χ1) is 13.6. The van der Waals surface area contributed by atoms with Crippen molar-refractivity contribution in [2.45, 2.75) is 52.2 Å². The summed E-state index contributed by atoms with van der Waals surface area (Å²) in [5.41, 5.74) is -1.05. The number of hydrogen-bond donors (Lipinski definition) is 0. The first-order valence-corrected chi connectivity index (χ1v) is 9.73. The summed E-state index contributed by atoms with van der Waals surface area (Å²) in [6.45, 7) is 6.83. The van der Waals surface area contributed by atoms with Crippen LogP contribution in [0.2, 0.25) is 0 Å². The van der Waals surface area contributed by atoms with Crippen LogP contribution >= 0.6 is 0 Å². The van der Waals surface area contributed by atoms with Gasteiger partial charge in [-0.3, -0.25) is 9.59 Å². The maximum atomic E-state index is 12.9. The highest BCUT2D eigenvalue weighted by Gasteiger charge is 2.45. The van der Waals surface area contributed by atoms with Gasteiger partial charge in [-0.1, -0.05) is 19.1 Å². The fourth-order valence-corrected chi connectivity index (χ4v) is 3.35. The molecule has 0 N–H and O–H groups in total. The molecule has 160 valence electrons. The van der Waals surface area contributed by atoms with Gasteiger partial charge in [-0.2, -0.15) is 0 Å². The molecule has 0 aromatic carbocycles. The monoisotopic (exact) mass is 407 g/mol. The van der Waals surface area contributed by atoms with Gasteiger partial charge in [0.15, 0.2) is 6.10 Å². The van der Waals surface area contributed by atoms with Crippen molar-refractivity contribution in [2.75, 3.05) is 26.7 Å². The molecule has 2 aliphatic heterocycles. The Morgan fingerprint density at radius 1 is 1.34 bits per heavy atom. The molecule has 2 rings (SSSR count). The number of rotatable bonds is 1. The zero-order valence-corrected chi connectivity index (χ0v) is 17.6. The molecule has 3 unspecified atom stereocenters. The van der Waals surface area contributed by atoms with Crippen LogP contribution in [0.25, 0.3) is 0 Å². The van der Waals surface area contributed by atoms with Crippen LogP contribution in [0.5, 0.6) is 0 Å². The molecule has 1 fully saturated rings. The second kappa shape index (κ2) is 9.35. The topological polar surface area (TPSA) is 99.2 Å². The number of fused-ring (bicyclic) bond motifs is 2. The van der Waals surface area contributed by atoms with Crippen molar-refractivity contribution < 1.29 is 33.4 Å². The quantitative estimate of drug-likeness (QED) is 0.367. The second-order valence-electron chi connectivity index (χ2n) is 7.73. The lowest BCUT2D eigenvalue weighted by atomic mass is 9.84. The lowest BCUT2D eigenvalue weighted by molar-refractivity contribution is -0.185. The van der Waals surface area contributed by atoms with E-state index in [4.69, 9.17) is 14.2 Å². The average Bonchev–Trinajstić information content (AvgIpc) is 2.65. The summed E-state index contributed by atoms with van der Waals surface area (Å²) in [5.74, 6) is -2.95. The van der Waals surface area contributed by atoms with Crippen LogP contribution in [-0.2, 0) is 33.4 Å². The number of ether oxygens (including phenoxy) is 3. The zero-order valence-electron chi connectivity index (χ0n) is 17.6. The van der Waals surface area contributed by atoms with Crippen LogP contribution in [-0.4, -0.2) is 67.0 Å². The van der Waals surface area contributed by atoms with Crippen molar-refractivity contribution in [3.63, 3.8) is 0 Å². The van der Waals surface area contributed by atoms with E-state index in [0.717, 1.165) is 0 Å². The van der Waals surface area contributed by atoms with E-state index in [1.165, 1.54) is 13.8 Å². The van der Waals surface area contributed by atoms with Crippen LogP contribution in [0.1, 0.15) is 40.5 Å². The Morgan fingerprint density at radius 3 is 2.66 bits per heavy atom. The van der Waals surface area contributed by atoms with E-state index in [1.54, 1.807) is 26.0 Å². The fraction of sp³-hybridized carbons (Fsp3) is 0.619. The molecule has 1 saturated heterocycles. The highest BCUT2D eigenvalue weighted by atomic mass is 16.6. The van der Waals surface area contributed by atoms with Crippen LogP contribution < -0.4 is 0 Å². The summed E-state index contributed by atoms with van der Waals surface area (Å²) < 4.78 is 16.3. The zero-order chi connectivity index (χ0) is 21.8. The smallest absolute Gasteiger partial charge is 0.350 e. The van der Waals surface area contributed by atoms with Crippen molar-refractivity contribution in [3.05, 3.63) is 23.3 Å². The number of likely N-dealkylation sites (N-methyl/N-ethyl adjacent to an activating group) is 1. The van der Waals surface area contributed by atoms with Gasteiger partial charge < -0.3 is 19.1 Å². The van der Waals surface area contributed by atoms with Gasteiger partial charge in [-0.05, 0) is 27.3 Å². The van der Waals surface area contributed by atoms with Gasteiger partial charge in [0, 0.05) is 43.5 Å². The number of carbonyl (C=O) groups is 4. The summed E-state index contributed by atoms with van der Waals surface area (Å²) in [4.78, 5) is 52.1. The van der Waals surface area contributed by atoms with Gasteiger partial charge in [0.25, 0.3) is 0 Å². The summed E-state index contributed by atoms with van der Waals surface area (Å²) in [7, 11) is 1.88. The molecular formula is C21H29NO7. The molecule has 0 radical (unpaired) electrons. The van der Waals surface area contributed by atoms with E-state index in [2.05, 4.69) is 0 Å². The molecule has 0 aliphatic carbocycles. The Morgan fingerprint density at radius 2 is 2.03 bits per heavy atom. The van der Waals surface area contributed by atoms with Gasteiger partial charge >= 0.3 is 17.9 Å². The Labute approximate surface area is 170 Å². The third kappa shape index (κ3) is 5.32. The lowest BCUT2D eigenvalue weighted by Crippen LogP contribution is -2.48. The summed E-state index contributed by atoms with van der Waals surface area (Å²) in [5, 5.41) is 0. The minimum Gasteiger partial charge on any atom is -0.458 e. The Hall–Kier alpha value is -2.48. The summed E-state index contributed by atoms with van der Waals surface area (Å²) in [6.07, 6.45) is 2.78. The van der Waals surface area contributed by atoms with E-state index in [1.807, 2.05) is 11.9 Å². The number of cyclic esters (lactones) is 1. The molecule has 0 aromatic rings. The highest BCUT2D eigenvalue weighted by molar-refractivity contribution is 6.01. The molecule has 8 heteroatoms. The van der Waals surface area contributed by atoms with Crippen molar-refractivity contribution in [1.29, 1.82) is 0 Å². The van der Waals surface area contributed by atoms with Crippen molar-refractivity contribution in [2.24, 2.45) is 5.92 Å². The molecule has 3 atom stereocenters. The molecule has 0 amide bonds. The predicted octanol–water partition coefficient (Wildman–Crippen LogP) is 1.58. The molecular weight excluding hydrogens is 378 g/mol. The van der Waals surface area contributed by atoms with E-state index in [-0.39, 0.29) is 24.4 Å². The SMILES string of the molecule is C/C=C1\CC(C)C(C)(OC(C)=O)C(=O)OC/C2=C/CN(C)CCC(OC1=O)C2=O. The number of nitrogens with zero attached hydrogens (tertiary/aromatic N) is 1. The number of ketones is 1. The number of Topliss-reactive ketones (excluding diaryl/α,β-unsaturated/α-hetero) is 1. The molecule has 2 aliphatic rings. The normalized spacial score (nSPS) is 33.2. The summed E-state index contributed by atoms with van der Waals surface area (Å²) >= 11 is 0. The second-order valence-corrected chi connectivity index (χ2v) is 7.73. The Kier molecular flexibility index (Phi) is 7.35. The van der Waals surface area contributed by atoms with Crippen molar-refractivity contribution in [1.82, 2.24) is 4.90 Å². The van der Waals surface area contributed by atoms with Gasteiger partial charge in [0.2, 0.25) is 11.4 Å². The molecule has 0 spiro atoms. The fourth-order valence-electron chi connectivity index (χ4n) is 3.35. The number of carbonyl (C=O) groups excluding carboxylic acids is 4. The van der Waals surface area contributed by atoms with Crippen LogP contribution in [0.15, 0.2) is 23.3 Å². The third-order valence-corrected chi connectivity index (χ3v) is 5.48. The Bertz CT molecular complexity index is 754. The lowest BCUT2D eigenvalue weighted by Gasteiger charge is -2.34. The number of esters is 3. The van der Waals surface area contributed by atoms with Crippen molar-refractivity contribution >= 4 is 23.7 Å². The largest absolute Gasteiger partial charge is 0.458 e. The van der Waals surface area contributed by atoms with E-state index >= 15 is 0 Å². The standard InChI is InChI=1S/C21H29NO7/c1-6-15-11-13(2)21(4,29-14(3)23)20(26)27-12-16-7-9-22(5)10-8-17(18(16)24)28-19(15)25/h6-7,13,17H,8-12H2,1-5H3/b15-6+,16-7-. The van der Waals surface area contributed by atoms with Gasteiger partial charge in [-0.25, -0.2) is 9.59 Å². The number of hydrogen-bond acceptors (Lipinski definition) is 8. The van der Waals surface area contributed by atoms with Gasteiger partial charge in [0.1, 0.15) is 6.61 Å². The van der Waals surface area contributed by atoms with E-state index in [9.17, 15) is 19.2 Å². The molecule has 2 heterocycles. The molecule has 2 bridgehead atoms. The van der Waals surface area contributed by atoms with Gasteiger partial charge in [-0.15, -0.1) is 0 Å². The van der Waals surface area contributed by atoms with Crippen LogP contribution in [0.4, 0.5) is 0 Å². The van der Waals surface area contributed by atoms with Crippen LogP contribution in [0, 0.1) is 5.92 Å². The number of allylic oxidation sites excluding steroid dienone is 1. The maximum Gasteiger partial charge on any atom is 0.350 e. The first-order valence-electron chi connectivity index (χ1n) is 9.73. The summed E-state index contributed by atoms with van der Waals surface area (Å²) in [6, 6.07) is 0. The maximum absolute atomic E-state index is 12.9. The van der Waals surface area contributed by atoms with Crippen molar-refractivity contribution in [3.8, 4) is 0 Å². The molecule has 29 heavy (non-hydrogen) atoms. The van der Waals surface area contributed by atoms with Crippen LogP contribution in [0.3, 0.4) is 0 Å². The third-order valence-electron chi connectivity index (χ3n) is 5.48. The predicted molar refractivity (Wildman–Crippen MR) is 104 cm³/mol. The minimum absolute atomic E-state index is 0.123.